The van der Waals surface area contributed by atoms with Crippen LogP contribution in [-0.4, -0.2) is 35.1 Å². The molecule has 3 heteroatoms. The van der Waals surface area contributed by atoms with Crippen LogP contribution in [0.4, 0.5) is 0 Å². The summed E-state index contributed by atoms with van der Waals surface area (Å²) in [4.78, 5) is 13.9. The van der Waals surface area contributed by atoms with E-state index >= 15 is 0 Å². The Morgan fingerprint density at radius 1 is 1.05 bits per heavy atom. The highest BCUT2D eigenvalue weighted by Gasteiger charge is 2.27. The normalized spacial score (nSPS) is 18.7. The molecule has 0 bridgehead atoms. The van der Waals surface area contributed by atoms with Crippen molar-refractivity contribution in [3.05, 3.63) is 0 Å². The van der Waals surface area contributed by atoms with E-state index in [2.05, 4.69) is 6.92 Å². The summed E-state index contributed by atoms with van der Waals surface area (Å²) in [7, 11) is 0. The zero-order chi connectivity index (χ0) is 14.6. The van der Waals surface area contributed by atoms with Crippen molar-refractivity contribution in [2.75, 3.05) is 13.2 Å². The van der Waals surface area contributed by atoms with Gasteiger partial charge in [-0.2, -0.15) is 0 Å². The highest BCUT2D eigenvalue weighted by Crippen LogP contribution is 2.19. The van der Waals surface area contributed by atoms with Gasteiger partial charge in [0, 0.05) is 13.0 Å². The van der Waals surface area contributed by atoms with Gasteiger partial charge in [0.2, 0.25) is 5.91 Å². The lowest BCUT2D eigenvalue weighted by atomic mass is 10.1. The van der Waals surface area contributed by atoms with Crippen LogP contribution >= 0.6 is 0 Å². The number of carbonyl (C=O) groups is 1. The van der Waals surface area contributed by atoms with E-state index in [1.54, 1.807) is 0 Å². The Morgan fingerprint density at radius 2 is 1.65 bits per heavy atom. The molecule has 0 aromatic carbocycles. The predicted molar refractivity (Wildman–Crippen MR) is 83.7 cm³/mol. The zero-order valence-electron chi connectivity index (χ0n) is 13.3. The highest BCUT2D eigenvalue weighted by atomic mass is 16.3. The number of aliphatic hydroxyl groups excluding tert-OH is 1. The molecule has 1 saturated heterocycles. The third kappa shape index (κ3) is 6.74. The Kier molecular flexibility index (Phi) is 9.73. The van der Waals surface area contributed by atoms with Gasteiger partial charge in [-0.05, 0) is 19.3 Å². The minimum absolute atomic E-state index is 0.0982. The van der Waals surface area contributed by atoms with E-state index in [9.17, 15) is 9.90 Å². The van der Waals surface area contributed by atoms with Gasteiger partial charge in [0.05, 0.1) is 12.6 Å². The maximum atomic E-state index is 12.0. The van der Waals surface area contributed by atoms with Crippen molar-refractivity contribution < 1.29 is 9.90 Å². The van der Waals surface area contributed by atoms with Gasteiger partial charge in [-0.15, -0.1) is 0 Å². The van der Waals surface area contributed by atoms with Crippen LogP contribution in [-0.2, 0) is 4.79 Å². The molecule has 0 radical (unpaired) electrons. The lowest BCUT2D eigenvalue weighted by molar-refractivity contribution is -0.132. The summed E-state index contributed by atoms with van der Waals surface area (Å²) in [6.07, 6.45) is 14.3. The van der Waals surface area contributed by atoms with Crippen LogP contribution in [0.5, 0.6) is 0 Å². The van der Waals surface area contributed by atoms with Crippen LogP contribution in [0.15, 0.2) is 0 Å². The van der Waals surface area contributed by atoms with Gasteiger partial charge in [0.1, 0.15) is 0 Å². The highest BCUT2D eigenvalue weighted by molar-refractivity contribution is 5.76. The van der Waals surface area contributed by atoms with Crippen LogP contribution < -0.4 is 0 Å². The van der Waals surface area contributed by atoms with Gasteiger partial charge in [-0.25, -0.2) is 0 Å². The molecule has 0 spiro atoms. The number of aliphatic hydroxyl groups is 1. The Labute approximate surface area is 124 Å². The maximum absolute atomic E-state index is 12.0. The first kappa shape index (κ1) is 17.5. The van der Waals surface area contributed by atoms with Crippen molar-refractivity contribution in [1.82, 2.24) is 4.90 Å². The number of hydrogen-bond acceptors (Lipinski definition) is 2. The minimum atomic E-state index is 0.0982. The van der Waals surface area contributed by atoms with Crippen LogP contribution in [0.25, 0.3) is 0 Å². The molecule has 1 amide bonds. The summed E-state index contributed by atoms with van der Waals surface area (Å²) in [6, 6.07) is 0.0982. The first-order valence-electron chi connectivity index (χ1n) is 8.70. The lowest BCUT2D eigenvalue weighted by Crippen LogP contribution is -2.37. The number of amides is 1. The van der Waals surface area contributed by atoms with Gasteiger partial charge in [0.15, 0.2) is 0 Å². The molecule has 1 fully saturated rings. The van der Waals surface area contributed by atoms with E-state index in [-0.39, 0.29) is 18.6 Å². The number of hydrogen-bond donors (Lipinski definition) is 1. The first-order valence-corrected chi connectivity index (χ1v) is 8.70. The Bertz CT molecular complexity index is 255. The number of likely N-dealkylation sites (tertiary alicyclic amines) is 1. The van der Waals surface area contributed by atoms with E-state index in [1.165, 1.54) is 51.4 Å². The summed E-state index contributed by atoms with van der Waals surface area (Å²) in [6.45, 7) is 3.23. The standard InChI is InChI=1S/C17H33NO2/c1-2-3-4-5-6-7-8-9-10-13-17(20)18-14-11-12-16(18)15-19/h16,19H,2-15H2,1H3. The third-order valence-electron chi connectivity index (χ3n) is 4.40. The molecular weight excluding hydrogens is 250 g/mol. The second-order valence-electron chi connectivity index (χ2n) is 6.14. The fourth-order valence-electron chi connectivity index (χ4n) is 3.08. The third-order valence-corrected chi connectivity index (χ3v) is 4.40. The van der Waals surface area contributed by atoms with Crippen molar-refractivity contribution in [3.8, 4) is 0 Å². The quantitative estimate of drug-likeness (QED) is 0.584. The van der Waals surface area contributed by atoms with E-state index in [4.69, 9.17) is 0 Å². The molecule has 1 atom stereocenters. The van der Waals surface area contributed by atoms with Gasteiger partial charge in [-0.3, -0.25) is 4.79 Å². The van der Waals surface area contributed by atoms with Crippen LogP contribution in [0.1, 0.15) is 84.0 Å². The molecule has 1 unspecified atom stereocenters. The minimum Gasteiger partial charge on any atom is -0.394 e. The molecule has 0 aromatic rings. The zero-order valence-corrected chi connectivity index (χ0v) is 13.3. The molecule has 1 N–H and O–H groups in total. The summed E-state index contributed by atoms with van der Waals surface area (Å²) in [5.74, 6) is 0.254. The molecule has 1 heterocycles. The largest absolute Gasteiger partial charge is 0.394 e. The van der Waals surface area contributed by atoms with Crippen LogP contribution in [0.2, 0.25) is 0 Å². The molecule has 20 heavy (non-hydrogen) atoms. The second kappa shape index (κ2) is 11.1. The van der Waals surface area contributed by atoms with Gasteiger partial charge in [-0.1, -0.05) is 58.3 Å². The van der Waals surface area contributed by atoms with Gasteiger partial charge < -0.3 is 10.0 Å². The summed E-state index contributed by atoms with van der Waals surface area (Å²) in [5, 5.41) is 9.22. The number of rotatable bonds is 11. The molecule has 0 aromatic heterocycles. The van der Waals surface area contributed by atoms with Gasteiger partial charge in [0.25, 0.3) is 0 Å². The van der Waals surface area contributed by atoms with E-state index < -0.39 is 0 Å². The smallest absolute Gasteiger partial charge is 0.222 e. The van der Waals surface area contributed by atoms with Crippen molar-refractivity contribution in [1.29, 1.82) is 0 Å². The Morgan fingerprint density at radius 3 is 2.25 bits per heavy atom. The summed E-state index contributed by atoms with van der Waals surface area (Å²) < 4.78 is 0. The van der Waals surface area contributed by atoms with E-state index in [0.717, 1.165) is 25.8 Å². The summed E-state index contributed by atoms with van der Waals surface area (Å²) in [5.41, 5.74) is 0. The molecule has 118 valence electrons. The summed E-state index contributed by atoms with van der Waals surface area (Å²) >= 11 is 0. The monoisotopic (exact) mass is 283 g/mol. The number of unbranched alkanes of at least 4 members (excludes halogenated alkanes) is 8. The maximum Gasteiger partial charge on any atom is 0.222 e. The fraction of sp³-hybridized carbons (Fsp3) is 0.941. The van der Waals surface area contributed by atoms with Crippen molar-refractivity contribution in [3.63, 3.8) is 0 Å². The Hall–Kier alpha value is -0.570. The van der Waals surface area contributed by atoms with Crippen LogP contribution in [0.3, 0.4) is 0 Å². The Balaban J connectivity index is 1.94. The molecule has 3 nitrogen and oxygen atoms in total. The van der Waals surface area contributed by atoms with Gasteiger partial charge >= 0.3 is 0 Å². The number of nitrogens with zero attached hydrogens (tertiary/aromatic N) is 1. The molecule has 0 aliphatic carbocycles. The SMILES string of the molecule is CCCCCCCCCCCC(=O)N1CCCC1CO. The van der Waals surface area contributed by atoms with E-state index in [1.807, 2.05) is 4.90 Å². The van der Waals surface area contributed by atoms with Crippen molar-refractivity contribution in [2.45, 2.75) is 90.0 Å². The topological polar surface area (TPSA) is 40.5 Å². The van der Waals surface area contributed by atoms with Crippen molar-refractivity contribution in [2.24, 2.45) is 0 Å². The number of carbonyl (C=O) groups excluding carboxylic acids is 1. The first-order chi connectivity index (χ1) is 9.79. The van der Waals surface area contributed by atoms with E-state index in [0.29, 0.717) is 6.42 Å². The van der Waals surface area contributed by atoms with Crippen molar-refractivity contribution >= 4 is 5.91 Å². The molecule has 0 saturated carbocycles. The second-order valence-corrected chi connectivity index (χ2v) is 6.14. The average molecular weight is 283 g/mol. The molecular formula is C17H33NO2. The molecule has 1 aliphatic heterocycles. The van der Waals surface area contributed by atoms with Crippen LogP contribution in [0, 0.1) is 0 Å². The molecule has 1 aliphatic rings. The molecule has 1 rings (SSSR count). The predicted octanol–water partition coefficient (Wildman–Crippen LogP) is 3.89. The fourth-order valence-corrected chi connectivity index (χ4v) is 3.08. The average Bonchev–Trinajstić information content (AvgIpc) is 2.94. The lowest BCUT2D eigenvalue weighted by Gasteiger charge is -2.22.